The zero-order chi connectivity index (χ0) is 23.7. The van der Waals surface area contributed by atoms with Crippen molar-refractivity contribution in [1.82, 2.24) is 5.32 Å². The first-order valence-corrected chi connectivity index (χ1v) is 12.4. The van der Waals surface area contributed by atoms with Crippen molar-refractivity contribution in [3.05, 3.63) is 65.7 Å². The first-order valence-electron chi connectivity index (χ1n) is 10.6. The first-order chi connectivity index (χ1) is 15.8. The fraction of sp³-hybridized carbons (Fsp3) is 0.333. The molecule has 3 rings (SSSR count). The van der Waals surface area contributed by atoms with Gasteiger partial charge in [-0.05, 0) is 42.7 Å². The van der Waals surface area contributed by atoms with Gasteiger partial charge in [0.2, 0.25) is 0 Å². The van der Waals surface area contributed by atoms with E-state index in [0.717, 1.165) is 5.56 Å². The van der Waals surface area contributed by atoms with Gasteiger partial charge in [-0.3, -0.25) is 4.79 Å². The molecule has 1 unspecified atom stereocenters. The molecule has 2 aromatic rings. The molecule has 1 amide bonds. The molecule has 0 saturated carbocycles. The van der Waals surface area contributed by atoms with E-state index >= 15 is 0 Å². The summed E-state index contributed by atoms with van der Waals surface area (Å²) in [5.74, 6) is -0.107. The van der Waals surface area contributed by atoms with Crippen molar-refractivity contribution in [2.24, 2.45) is 0 Å². The van der Waals surface area contributed by atoms with Crippen LogP contribution in [-0.4, -0.2) is 51.1 Å². The molecule has 1 atom stereocenters. The van der Waals surface area contributed by atoms with Gasteiger partial charge in [0.25, 0.3) is 5.91 Å². The van der Waals surface area contributed by atoms with Gasteiger partial charge in [0.1, 0.15) is 6.61 Å². The zero-order valence-electron chi connectivity index (χ0n) is 18.4. The molecule has 176 valence electrons. The predicted octanol–water partition coefficient (Wildman–Crippen LogP) is 2.52. The van der Waals surface area contributed by atoms with Crippen molar-refractivity contribution < 1.29 is 32.2 Å². The van der Waals surface area contributed by atoms with E-state index in [0.29, 0.717) is 36.7 Å². The van der Waals surface area contributed by atoms with Crippen LogP contribution < -0.4 is 14.8 Å². The quantitative estimate of drug-likeness (QED) is 0.417. The summed E-state index contributed by atoms with van der Waals surface area (Å²) >= 11 is 0. The number of carbonyl (C=O) groups is 2. The Morgan fingerprint density at radius 3 is 2.58 bits per heavy atom. The predicted molar refractivity (Wildman–Crippen MR) is 124 cm³/mol. The van der Waals surface area contributed by atoms with Crippen LogP contribution in [0.1, 0.15) is 24.5 Å². The summed E-state index contributed by atoms with van der Waals surface area (Å²) < 4.78 is 39.3. The monoisotopic (exact) mass is 473 g/mol. The Balaban J connectivity index is 1.51. The smallest absolute Gasteiger partial charge is 0.331 e. The summed E-state index contributed by atoms with van der Waals surface area (Å²) in [6.45, 7) is 2.24. The van der Waals surface area contributed by atoms with Crippen molar-refractivity contribution in [3.8, 4) is 11.5 Å². The summed E-state index contributed by atoms with van der Waals surface area (Å²) in [6, 6.07) is 14.6. The highest BCUT2D eigenvalue weighted by Crippen LogP contribution is 2.29. The van der Waals surface area contributed by atoms with E-state index in [1.165, 1.54) is 6.08 Å². The molecule has 1 heterocycles. The van der Waals surface area contributed by atoms with Gasteiger partial charge in [0.15, 0.2) is 27.9 Å². The van der Waals surface area contributed by atoms with Gasteiger partial charge in [0.05, 0.1) is 18.1 Å². The molecule has 0 aromatic heterocycles. The molecule has 0 aliphatic carbocycles. The number of nitrogens with one attached hydrogen (secondary N) is 1. The average Bonchev–Trinajstić information content (AvgIpc) is 3.14. The number of carbonyl (C=O) groups excluding carboxylic acids is 2. The van der Waals surface area contributed by atoms with E-state index < -0.39 is 34.4 Å². The third kappa shape index (κ3) is 7.94. The van der Waals surface area contributed by atoms with E-state index in [9.17, 15) is 18.0 Å². The van der Waals surface area contributed by atoms with Gasteiger partial charge in [-0.25, -0.2) is 13.2 Å². The second-order valence-electron chi connectivity index (χ2n) is 7.52. The minimum Gasteiger partial charge on any atom is -0.490 e. The topological polar surface area (TPSA) is 108 Å². The first kappa shape index (κ1) is 24.3. The normalized spacial score (nSPS) is 16.9. The summed E-state index contributed by atoms with van der Waals surface area (Å²) in [4.78, 5) is 23.8. The van der Waals surface area contributed by atoms with E-state index in [2.05, 4.69) is 5.32 Å². The van der Waals surface area contributed by atoms with Crippen molar-refractivity contribution in [3.63, 3.8) is 0 Å². The maximum atomic E-state index is 12.0. The number of benzene rings is 2. The number of rotatable bonds is 10. The lowest BCUT2D eigenvalue weighted by Crippen LogP contribution is -2.38. The van der Waals surface area contributed by atoms with Gasteiger partial charge in [0, 0.05) is 12.1 Å². The maximum Gasteiger partial charge on any atom is 0.331 e. The van der Waals surface area contributed by atoms with Crippen LogP contribution in [-0.2, 0) is 30.8 Å². The number of sulfone groups is 1. The Kier molecular flexibility index (Phi) is 8.48. The van der Waals surface area contributed by atoms with Gasteiger partial charge in [-0.2, -0.15) is 0 Å². The van der Waals surface area contributed by atoms with Gasteiger partial charge in [-0.1, -0.05) is 36.4 Å². The van der Waals surface area contributed by atoms with Gasteiger partial charge >= 0.3 is 5.97 Å². The van der Waals surface area contributed by atoms with Crippen LogP contribution in [0, 0.1) is 0 Å². The summed E-state index contributed by atoms with van der Waals surface area (Å²) in [5, 5.41) is 2.57. The van der Waals surface area contributed by atoms with Crippen LogP contribution >= 0.6 is 0 Å². The summed E-state index contributed by atoms with van der Waals surface area (Å²) in [7, 11) is -3.09. The highest BCUT2D eigenvalue weighted by atomic mass is 32.2. The van der Waals surface area contributed by atoms with Gasteiger partial charge in [-0.15, -0.1) is 0 Å². The van der Waals surface area contributed by atoms with E-state index in [-0.39, 0.29) is 11.5 Å². The van der Waals surface area contributed by atoms with Crippen molar-refractivity contribution in [2.45, 2.75) is 26.0 Å². The van der Waals surface area contributed by atoms with E-state index in [1.807, 2.05) is 37.3 Å². The molecule has 1 aliphatic heterocycles. The Hall–Kier alpha value is -3.33. The molecule has 0 radical (unpaired) electrons. The van der Waals surface area contributed by atoms with Crippen LogP contribution in [0.2, 0.25) is 0 Å². The maximum absolute atomic E-state index is 12.0. The molecule has 1 fully saturated rings. The summed E-state index contributed by atoms with van der Waals surface area (Å²) in [6.07, 6.45) is 3.13. The van der Waals surface area contributed by atoms with Crippen molar-refractivity contribution >= 4 is 27.8 Å². The lowest BCUT2D eigenvalue weighted by molar-refractivity contribution is -0.143. The molecule has 33 heavy (non-hydrogen) atoms. The number of amides is 1. The van der Waals surface area contributed by atoms with Crippen LogP contribution in [0.15, 0.2) is 54.6 Å². The lowest BCUT2D eigenvalue weighted by Gasteiger charge is -2.13. The standard InChI is InChI=1S/C24H27NO7S/c1-2-30-22-14-18(8-10-21(22)31-15-19-6-4-3-5-7-19)9-11-24(27)32-16-23(26)25-20-12-13-33(28,29)17-20/h3-11,14,20H,2,12-13,15-17H2,1H3,(H,25,26). The Morgan fingerprint density at radius 1 is 1.09 bits per heavy atom. The highest BCUT2D eigenvalue weighted by molar-refractivity contribution is 7.91. The van der Waals surface area contributed by atoms with Crippen molar-refractivity contribution in [2.75, 3.05) is 24.7 Å². The van der Waals surface area contributed by atoms with E-state index in [4.69, 9.17) is 14.2 Å². The Morgan fingerprint density at radius 2 is 1.88 bits per heavy atom. The number of hydrogen-bond acceptors (Lipinski definition) is 7. The van der Waals surface area contributed by atoms with Crippen LogP contribution in [0.4, 0.5) is 0 Å². The third-order valence-electron chi connectivity index (χ3n) is 4.86. The summed E-state index contributed by atoms with van der Waals surface area (Å²) in [5.41, 5.74) is 1.73. The van der Waals surface area contributed by atoms with Gasteiger partial charge < -0.3 is 19.5 Å². The Bertz CT molecular complexity index is 1100. The molecular weight excluding hydrogens is 446 g/mol. The lowest BCUT2D eigenvalue weighted by atomic mass is 10.2. The minimum atomic E-state index is -3.09. The molecule has 0 bridgehead atoms. The molecule has 9 heteroatoms. The largest absolute Gasteiger partial charge is 0.490 e. The second kappa shape index (κ2) is 11.5. The molecule has 8 nitrogen and oxygen atoms in total. The van der Waals surface area contributed by atoms with Crippen LogP contribution in [0.25, 0.3) is 6.08 Å². The number of ether oxygens (including phenoxy) is 3. The Labute approximate surface area is 193 Å². The van der Waals surface area contributed by atoms with E-state index in [1.54, 1.807) is 24.3 Å². The SMILES string of the molecule is CCOc1cc(C=CC(=O)OCC(=O)NC2CCS(=O)(=O)C2)ccc1OCc1ccccc1. The third-order valence-corrected chi connectivity index (χ3v) is 6.63. The number of hydrogen-bond donors (Lipinski definition) is 1. The fourth-order valence-corrected chi connectivity index (χ4v) is 4.95. The average molecular weight is 474 g/mol. The molecule has 2 aromatic carbocycles. The van der Waals surface area contributed by atoms with Crippen molar-refractivity contribution in [1.29, 1.82) is 0 Å². The molecule has 1 saturated heterocycles. The zero-order valence-corrected chi connectivity index (χ0v) is 19.2. The molecule has 0 spiro atoms. The molecule has 1 aliphatic rings. The molecular formula is C24H27NO7S. The fourth-order valence-electron chi connectivity index (χ4n) is 3.28. The molecule has 1 N–H and O–H groups in total. The van der Waals surface area contributed by atoms with Crippen LogP contribution in [0.5, 0.6) is 11.5 Å². The second-order valence-corrected chi connectivity index (χ2v) is 9.75. The van der Waals surface area contributed by atoms with Crippen LogP contribution in [0.3, 0.4) is 0 Å². The minimum absolute atomic E-state index is 0.0558. The number of esters is 1. The highest BCUT2D eigenvalue weighted by Gasteiger charge is 2.28.